The molecule has 4 nitrogen and oxygen atoms in total. The summed E-state index contributed by atoms with van der Waals surface area (Å²) >= 11 is 0. The average Bonchev–Trinajstić information content (AvgIpc) is 3.16. The van der Waals surface area contributed by atoms with Gasteiger partial charge in [-0.2, -0.15) is 0 Å². The van der Waals surface area contributed by atoms with Crippen LogP contribution in [0.5, 0.6) is 0 Å². The van der Waals surface area contributed by atoms with Gasteiger partial charge in [0, 0.05) is 12.7 Å². The van der Waals surface area contributed by atoms with E-state index in [4.69, 9.17) is 4.74 Å². The number of nitrogens with zero attached hydrogens (tertiary/aromatic N) is 1. The van der Waals surface area contributed by atoms with Crippen molar-refractivity contribution in [1.82, 2.24) is 4.57 Å². The first kappa shape index (κ1) is 21.1. The van der Waals surface area contributed by atoms with Gasteiger partial charge in [-0.25, -0.2) is 0 Å². The van der Waals surface area contributed by atoms with Crippen LogP contribution in [0.2, 0.25) is 0 Å². The molecule has 2 aromatic carbocycles. The minimum Gasteiger partial charge on any atom is -0.385 e. The summed E-state index contributed by atoms with van der Waals surface area (Å²) in [4.78, 5) is 1.27. The number of aromatic nitrogens is 1. The van der Waals surface area contributed by atoms with E-state index in [0.29, 0.717) is 19.8 Å². The summed E-state index contributed by atoms with van der Waals surface area (Å²) in [6.07, 6.45) is 3.52. The Morgan fingerprint density at radius 1 is 0.966 bits per heavy atom. The van der Waals surface area contributed by atoms with E-state index in [1.165, 1.54) is 16.2 Å². The third-order valence-corrected chi connectivity index (χ3v) is 4.93. The van der Waals surface area contributed by atoms with Gasteiger partial charge in [-0.1, -0.05) is 67.2 Å². The zero-order valence-electron chi connectivity index (χ0n) is 16.9. The van der Waals surface area contributed by atoms with Crippen LogP contribution in [-0.2, 0) is 24.4 Å². The van der Waals surface area contributed by atoms with Crippen LogP contribution < -0.4 is 4.90 Å². The highest BCUT2D eigenvalue weighted by Crippen LogP contribution is 2.07. The smallest absolute Gasteiger partial charge is 0.126 e. The maximum atomic E-state index is 10.5. The minimum absolute atomic E-state index is 0.334. The molecule has 0 fully saturated rings. The molecule has 0 saturated heterocycles. The molecule has 0 aliphatic rings. The second-order valence-electron chi connectivity index (χ2n) is 7.39. The van der Waals surface area contributed by atoms with E-state index in [-0.39, 0.29) is 0 Å². The predicted octanol–water partition coefficient (Wildman–Crippen LogP) is 2.68. The summed E-state index contributed by atoms with van der Waals surface area (Å²) in [5, 5.41) is 10.5. The zero-order chi connectivity index (χ0) is 20.3. The van der Waals surface area contributed by atoms with Crippen molar-refractivity contribution in [2.24, 2.45) is 0 Å². The molecule has 0 bridgehead atoms. The Balaban J connectivity index is 1.52. The molecule has 152 valence electrons. The second-order valence-corrected chi connectivity index (χ2v) is 7.39. The van der Waals surface area contributed by atoms with Crippen molar-refractivity contribution in [3.8, 4) is 0 Å². The molecule has 0 spiro atoms. The summed E-state index contributed by atoms with van der Waals surface area (Å²) in [5.74, 6) is 0. The first-order valence-electron chi connectivity index (χ1n) is 10.2. The molecule has 0 amide bonds. The Hall–Kier alpha value is -2.66. The summed E-state index contributed by atoms with van der Waals surface area (Å²) in [7, 11) is 0. The summed E-state index contributed by atoms with van der Waals surface area (Å²) in [6.45, 7) is 7.85. The van der Waals surface area contributed by atoms with E-state index in [1.54, 1.807) is 0 Å². The molecule has 1 unspecified atom stereocenters. The Labute approximate surface area is 173 Å². The van der Waals surface area contributed by atoms with E-state index < -0.39 is 6.10 Å². The van der Waals surface area contributed by atoms with Crippen LogP contribution in [0.1, 0.15) is 16.8 Å². The van der Waals surface area contributed by atoms with E-state index in [9.17, 15) is 5.11 Å². The number of nitrogens with one attached hydrogen (secondary N) is 1. The fraction of sp³-hybridized carbons (Fsp3) is 0.280. The maximum Gasteiger partial charge on any atom is 0.126 e. The van der Waals surface area contributed by atoms with Crippen molar-refractivity contribution >= 4 is 0 Å². The third-order valence-electron chi connectivity index (χ3n) is 4.93. The van der Waals surface area contributed by atoms with Crippen molar-refractivity contribution in [2.75, 3.05) is 19.7 Å². The normalized spacial score (nSPS) is 13.1. The number of rotatable bonds is 12. The highest BCUT2D eigenvalue weighted by atomic mass is 16.5. The standard InChI is InChI=1S/C25H30N2O2/c1-2-15-26(19-25(28)21-29-20-23-12-7-4-8-13-23)18-24-14-9-16-27(24)17-22-10-5-3-6-11-22/h2-14,16,25,28H,1,15,17-21H2/p+1/t25-/m1/s1. The zero-order valence-corrected chi connectivity index (χ0v) is 16.9. The molecule has 2 N–H and O–H groups in total. The molecule has 3 rings (SSSR count). The highest BCUT2D eigenvalue weighted by Gasteiger charge is 2.17. The monoisotopic (exact) mass is 391 g/mol. The average molecular weight is 392 g/mol. The molecule has 3 aromatic rings. The minimum atomic E-state index is -0.508. The molecule has 4 heteroatoms. The first-order chi connectivity index (χ1) is 14.2. The quantitative estimate of drug-likeness (QED) is 0.466. The van der Waals surface area contributed by atoms with Gasteiger partial charge in [0.25, 0.3) is 0 Å². The van der Waals surface area contributed by atoms with Crippen molar-refractivity contribution < 1.29 is 14.7 Å². The molecule has 29 heavy (non-hydrogen) atoms. The van der Waals surface area contributed by atoms with Gasteiger partial charge in [0.1, 0.15) is 19.2 Å². The van der Waals surface area contributed by atoms with Crippen LogP contribution in [0, 0.1) is 0 Å². The van der Waals surface area contributed by atoms with E-state index in [0.717, 1.165) is 25.2 Å². The number of aliphatic hydroxyl groups is 1. The first-order valence-corrected chi connectivity index (χ1v) is 10.2. The number of aliphatic hydroxyl groups excluding tert-OH is 1. The van der Waals surface area contributed by atoms with Crippen LogP contribution in [0.15, 0.2) is 91.6 Å². The third kappa shape index (κ3) is 7.02. The van der Waals surface area contributed by atoms with Crippen LogP contribution in [0.3, 0.4) is 0 Å². The molecule has 0 saturated carbocycles. The van der Waals surface area contributed by atoms with Gasteiger partial charge >= 0.3 is 0 Å². The second kappa shape index (κ2) is 11.4. The van der Waals surface area contributed by atoms with Gasteiger partial charge in [-0.3, -0.25) is 0 Å². The molecule has 0 radical (unpaired) electrons. The Kier molecular flexibility index (Phi) is 8.25. The number of quaternary nitrogens is 1. The largest absolute Gasteiger partial charge is 0.385 e. The topological polar surface area (TPSA) is 38.8 Å². The fourth-order valence-corrected chi connectivity index (χ4v) is 3.51. The fourth-order valence-electron chi connectivity index (χ4n) is 3.51. The van der Waals surface area contributed by atoms with Crippen molar-refractivity contribution in [3.05, 3.63) is 108 Å². The molecule has 2 atom stereocenters. The SMILES string of the molecule is C=CC[NH+](Cc1cccn1Cc1ccccc1)C[C@@H](O)COCc1ccccc1. The van der Waals surface area contributed by atoms with Gasteiger partial charge in [0.05, 0.1) is 25.5 Å². The van der Waals surface area contributed by atoms with Gasteiger partial charge < -0.3 is 19.3 Å². The van der Waals surface area contributed by atoms with Gasteiger partial charge in [-0.05, 0) is 29.3 Å². The van der Waals surface area contributed by atoms with Crippen molar-refractivity contribution in [2.45, 2.75) is 25.8 Å². The molecular weight excluding hydrogens is 360 g/mol. The molecule has 0 aliphatic heterocycles. The predicted molar refractivity (Wildman–Crippen MR) is 117 cm³/mol. The van der Waals surface area contributed by atoms with E-state index in [1.807, 2.05) is 42.5 Å². The Morgan fingerprint density at radius 2 is 1.66 bits per heavy atom. The maximum absolute atomic E-state index is 10.5. The van der Waals surface area contributed by atoms with Crippen LogP contribution in [-0.4, -0.2) is 35.5 Å². The highest BCUT2D eigenvalue weighted by molar-refractivity contribution is 5.17. The number of hydrogen-bond acceptors (Lipinski definition) is 2. The van der Waals surface area contributed by atoms with Crippen LogP contribution >= 0.6 is 0 Å². The van der Waals surface area contributed by atoms with Gasteiger partial charge in [0.15, 0.2) is 0 Å². The lowest BCUT2D eigenvalue weighted by molar-refractivity contribution is -0.911. The van der Waals surface area contributed by atoms with E-state index in [2.05, 4.69) is 53.7 Å². The van der Waals surface area contributed by atoms with Crippen LogP contribution in [0.25, 0.3) is 0 Å². The number of benzene rings is 2. The summed E-state index contributed by atoms with van der Waals surface area (Å²) < 4.78 is 7.98. The van der Waals surface area contributed by atoms with Crippen molar-refractivity contribution in [1.29, 1.82) is 0 Å². The molecular formula is C25H31N2O2+. The van der Waals surface area contributed by atoms with Gasteiger partial charge in [0.2, 0.25) is 0 Å². The lowest BCUT2D eigenvalue weighted by Crippen LogP contribution is -3.11. The molecule has 0 aliphatic carbocycles. The lowest BCUT2D eigenvalue weighted by atomic mass is 10.2. The number of hydrogen-bond donors (Lipinski definition) is 2. The Bertz CT molecular complexity index is 846. The molecule has 1 aromatic heterocycles. The van der Waals surface area contributed by atoms with Crippen molar-refractivity contribution in [3.63, 3.8) is 0 Å². The summed E-state index contributed by atoms with van der Waals surface area (Å²) in [5.41, 5.74) is 3.65. The van der Waals surface area contributed by atoms with Gasteiger partial charge in [-0.15, -0.1) is 0 Å². The van der Waals surface area contributed by atoms with Crippen LogP contribution in [0.4, 0.5) is 0 Å². The van der Waals surface area contributed by atoms with E-state index >= 15 is 0 Å². The molecule has 1 heterocycles. The number of ether oxygens (including phenoxy) is 1. The lowest BCUT2D eigenvalue weighted by Gasteiger charge is -2.22. The summed E-state index contributed by atoms with van der Waals surface area (Å²) in [6, 6.07) is 24.8. The Morgan fingerprint density at radius 3 is 2.34 bits per heavy atom.